The molecular formula is C25H43N7O4Si2. The summed E-state index contributed by atoms with van der Waals surface area (Å²) in [6, 6.07) is 0. The van der Waals surface area contributed by atoms with E-state index in [2.05, 4.69) is 99.3 Å². The molecule has 1 unspecified atom stereocenters. The van der Waals surface area contributed by atoms with Crippen LogP contribution in [0.25, 0.3) is 21.6 Å². The summed E-state index contributed by atoms with van der Waals surface area (Å²) < 4.78 is 22.3. The molecule has 0 saturated carbocycles. The normalized spacial score (nSPS) is 21.9. The molecule has 0 amide bonds. The van der Waals surface area contributed by atoms with Gasteiger partial charge in [0.15, 0.2) is 27.8 Å². The minimum atomic E-state index is -2.17. The summed E-state index contributed by atoms with van der Waals surface area (Å²) in [5.74, 6) is -0.542. The Hall–Kier alpha value is -2.29. The molecular weight excluding hydrogens is 518 g/mol. The Bertz CT molecular complexity index is 1210. The highest BCUT2D eigenvalue weighted by molar-refractivity contribution is 6.74. The number of ether oxygens (including phenoxy) is 1. The summed E-state index contributed by atoms with van der Waals surface area (Å²) in [4.78, 5) is 15.2. The number of aromatic hydroxyl groups is 1. The van der Waals surface area contributed by atoms with Crippen molar-refractivity contribution in [2.45, 2.75) is 115 Å². The van der Waals surface area contributed by atoms with Gasteiger partial charge in [0.2, 0.25) is 11.8 Å². The molecule has 3 heterocycles. The van der Waals surface area contributed by atoms with Crippen LogP contribution in [0.1, 0.15) is 60.6 Å². The van der Waals surface area contributed by atoms with Gasteiger partial charge >= 0.3 is 0 Å². The van der Waals surface area contributed by atoms with Crippen LogP contribution in [0.2, 0.25) is 36.3 Å². The first kappa shape index (κ1) is 30.3. The van der Waals surface area contributed by atoms with Crippen LogP contribution < -0.4 is 0 Å². The Kier molecular flexibility index (Phi) is 8.52. The lowest BCUT2D eigenvalue weighted by Crippen LogP contribution is -2.52. The average Bonchev–Trinajstić information content (AvgIpc) is 3.36. The first-order valence-corrected chi connectivity index (χ1v) is 18.8. The van der Waals surface area contributed by atoms with Crippen LogP contribution in [-0.2, 0) is 13.6 Å². The predicted molar refractivity (Wildman–Crippen MR) is 153 cm³/mol. The highest BCUT2D eigenvalue weighted by Gasteiger charge is 2.50. The van der Waals surface area contributed by atoms with Gasteiger partial charge in [-0.1, -0.05) is 47.6 Å². The van der Waals surface area contributed by atoms with Crippen LogP contribution in [0.4, 0.5) is 5.95 Å². The second-order valence-electron chi connectivity index (χ2n) is 13.0. The molecule has 210 valence electrons. The Labute approximate surface area is 227 Å². The highest BCUT2D eigenvalue weighted by Crippen LogP contribution is 2.45. The maximum atomic E-state index is 10.3. The first-order chi connectivity index (χ1) is 17.4. The number of aromatic nitrogens is 4. The molecule has 3 rings (SSSR count). The molecule has 1 saturated heterocycles. The molecule has 2 aromatic heterocycles. The van der Waals surface area contributed by atoms with Crippen molar-refractivity contribution in [3.05, 3.63) is 29.4 Å². The Balaban J connectivity index is 2.06. The van der Waals surface area contributed by atoms with Crippen molar-refractivity contribution in [1.29, 1.82) is 0 Å². The fourth-order valence-corrected chi connectivity index (χ4v) is 6.67. The zero-order valence-corrected chi connectivity index (χ0v) is 26.4. The topological polar surface area (TPSA) is 140 Å². The molecule has 11 nitrogen and oxygen atoms in total. The van der Waals surface area contributed by atoms with Gasteiger partial charge in [-0.05, 0) is 53.3 Å². The molecule has 1 aliphatic heterocycles. The molecule has 0 radical (unpaired) electrons. The number of fused-ring (bicyclic) bond motifs is 1. The Morgan fingerprint density at radius 3 is 2.39 bits per heavy atom. The summed E-state index contributed by atoms with van der Waals surface area (Å²) in [5, 5.41) is 13.8. The summed E-state index contributed by atoms with van der Waals surface area (Å²) in [7, 11) is -4.31. The molecule has 0 aromatic carbocycles. The van der Waals surface area contributed by atoms with E-state index in [4.69, 9.17) is 19.1 Å². The van der Waals surface area contributed by atoms with E-state index in [0.29, 0.717) is 18.5 Å². The predicted octanol–water partition coefficient (Wildman–Crippen LogP) is 7.12. The largest absolute Gasteiger partial charge is 0.492 e. The van der Waals surface area contributed by atoms with Gasteiger partial charge in [-0.25, -0.2) is 9.97 Å². The van der Waals surface area contributed by atoms with Crippen LogP contribution in [0.15, 0.2) is 24.1 Å². The number of imidazole rings is 1. The van der Waals surface area contributed by atoms with Gasteiger partial charge in [0.05, 0.1) is 18.5 Å². The van der Waals surface area contributed by atoms with Gasteiger partial charge < -0.3 is 18.7 Å². The van der Waals surface area contributed by atoms with E-state index in [1.165, 1.54) is 0 Å². The van der Waals surface area contributed by atoms with Crippen molar-refractivity contribution in [1.82, 2.24) is 19.5 Å². The quantitative estimate of drug-likeness (QED) is 0.113. The van der Waals surface area contributed by atoms with Crippen molar-refractivity contribution < 1.29 is 18.7 Å². The maximum Gasteiger partial charge on any atom is 0.243 e. The third kappa shape index (κ3) is 6.13. The van der Waals surface area contributed by atoms with Gasteiger partial charge in [0, 0.05) is 11.3 Å². The molecule has 2 aromatic rings. The van der Waals surface area contributed by atoms with Gasteiger partial charge in [-0.3, -0.25) is 4.57 Å². The Morgan fingerprint density at radius 2 is 1.84 bits per heavy atom. The molecule has 0 aliphatic carbocycles. The molecule has 0 spiro atoms. The molecule has 1 aliphatic rings. The maximum absolute atomic E-state index is 10.3. The lowest BCUT2D eigenvalue weighted by atomic mass is 10.1. The van der Waals surface area contributed by atoms with E-state index in [1.807, 2.05) is 6.08 Å². The molecule has 0 bridgehead atoms. The van der Waals surface area contributed by atoms with Crippen LogP contribution in [-0.4, -0.2) is 59.6 Å². The minimum Gasteiger partial charge on any atom is -0.492 e. The van der Waals surface area contributed by atoms with Crippen LogP contribution in [0.5, 0.6) is 5.88 Å². The lowest BCUT2D eigenvalue weighted by molar-refractivity contribution is -0.0731. The first-order valence-electron chi connectivity index (χ1n) is 13.0. The van der Waals surface area contributed by atoms with Gasteiger partial charge in [0.25, 0.3) is 0 Å². The summed E-state index contributed by atoms with van der Waals surface area (Å²) >= 11 is 0. The number of rotatable bonds is 9. The number of azide groups is 1. The number of nitrogens with zero attached hydrogens (tertiary/aromatic N) is 7. The second-order valence-corrected chi connectivity index (χ2v) is 22.5. The smallest absolute Gasteiger partial charge is 0.243 e. The number of hydrogen-bond acceptors (Lipinski definition) is 8. The van der Waals surface area contributed by atoms with E-state index in [1.54, 1.807) is 10.9 Å². The summed E-state index contributed by atoms with van der Waals surface area (Å²) in [6.45, 7) is 26.2. The Morgan fingerprint density at radius 1 is 1.21 bits per heavy atom. The standard InChI is InChI=1S/C25H43N7O4Si2/c1-12-13-16(35-37(8,9)24(2,3)4)20-17(36-38(10,11)25(5,6)7)14-18(34-20)32-15-27-19-21(32)28-23(30-31-26)29-22(19)33/h12,15-18,20H,1,13-14H2,2-11H3,(H,28,29,33)/t16?,17-,18+,20+/m0/s1. The minimum absolute atomic E-state index is 0.00871. The van der Waals surface area contributed by atoms with Crippen LogP contribution in [0.3, 0.4) is 0 Å². The van der Waals surface area contributed by atoms with Crippen molar-refractivity contribution in [2.75, 3.05) is 0 Å². The second kappa shape index (κ2) is 10.7. The van der Waals surface area contributed by atoms with E-state index < -0.39 is 22.9 Å². The molecule has 1 N–H and O–H groups in total. The van der Waals surface area contributed by atoms with E-state index in [0.717, 1.165) is 0 Å². The highest BCUT2D eigenvalue weighted by atomic mass is 28.4. The zero-order chi connectivity index (χ0) is 28.7. The fourth-order valence-electron chi connectivity index (χ4n) is 3.99. The monoisotopic (exact) mass is 561 g/mol. The average molecular weight is 562 g/mol. The van der Waals surface area contributed by atoms with Crippen molar-refractivity contribution in [3.63, 3.8) is 0 Å². The van der Waals surface area contributed by atoms with Gasteiger partial charge in [0.1, 0.15) is 12.3 Å². The molecule has 38 heavy (non-hydrogen) atoms. The summed E-state index contributed by atoms with van der Waals surface area (Å²) in [5.41, 5.74) is 9.36. The summed E-state index contributed by atoms with van der Waals surface area (Å²) in [6.07, 6.45) is 3.28. The lowest BCUT2D eigenvalue weighted by Gasteiger charge is -2.43. The molecule has 1 fully saturated rings. The van der Waals surface area contributed by atoms with Gasteiger partial charge in [-0.2, -0.15) is 4.98 Å². The SMILES string of the molecule is C=CCC(O[Si](C)(C)C(C)(C)C)[C@H]1O[C@@H](n2cnc3c(O)nc(N=[N+]=[N-])nc32)C[C@@H]1O[Si](C)(C)C(C)(C)C. The fraction of sp³-hybridized carbons (Fsp3) is 0.720. The third-order valence-electron chi connectivity index (χ3n) is 8.22. The van der Waals surface area contributed by atoms with Crippen LogP contribution >= 0.6 is 0 Å². The molecule has 13 heteroatoms. The third-order valence-corrected chi connectivity index (χ3v) is 17.2. The van der Waals surface area contributed by atoms with Crippen molar-refractivity contribution >= 4 is 33.7 Å². The van der Waals surface area contributed by atoms with E-state index >= 15 is 0 Å². The van der Waals surface area contributed by atoms with Crippen molar-refractivity contribution in [2.24, 2.45) is 5.11 Å². The van der Waals surface area contributed by atoms with Crippen LogP contribution in [0, 0.1) is 0 Å². The zero-order valence-electron chi connectivity index (χ0n) is 24.4. The number of hydrogen-bond donors (Lipinski definition) is 1. The van der Waals surface area contributed by atoms with Crippen molar-refractivity contribution in [3.8, 4) is 5.88 Å². The van der Waals surface area contributed by atoms with E-state index in [9.17, 15) is 5.11 Å². The molecule has 4 atom stereocenters. The van der Waals surface area contributed by atoms with Gasteiger partial charge in [-0.15, -0.1) is 6.58 Å². The van der Waals surface area contributed by atoms with E-state index in [-0.39, 0.29) is 45.7 Å².